The summed E-state index contributed by atoms with van der Waals surface area (Å²) in [5.74, 6) is 0.0229. The molecule has 0 aromatic heterocycles. The maximum atomic E-state index is 13.2. The van der Waals surface area contributed by atoms with Gasteiger partial charge in [-0.15, -0.1) is 0 Å². The molecular weight excluding hydrogens is 402 g/mol. The van der Waals surface area contributed by atoms with Gasteiger partial charge < -0.3 is 19.7 Å². The summed E-state index contributed by atoms with van der Waals surface area (Å²) in [5, 5.41) is 14.5. The smallest absolute Gasteiger partial charge is 0.407 e. The van der Waals surface area contributed by atoms with E-state index in [4.69, 9.17) is 9.47 Å². The summed E-state index contributed by atoms with van der Waals surface area (Å²) < 4.78 is 10.7. The zero-order chi connectivity index (χ0) is 23.0. The summed E-state index contributed by atoms with van der Waals surface area (Å²) in [6.07, 6.45) is 2.69. The van der Waals surface area contributed by atoms with Crippen LogP contribution in [-0.2, 0) is 11.2 Å². The van der Waals surface area contributed by atoms with Gasteiger partial charge in [-0.1, -0.05) is 6.92 Å². The molecule has 1 aromatic rings. The largest absolute Gasteiger partial charge is 0.496 e. The highest BCUT2D eigenvalue weighted by molar-refractivity contribution is 5.96. The van der Waals surface area contributed by atoms with Gasteiger partial charge in [0.2, 0.25) is 0 Å². The van der Waals surface area contributed by atoms with Crippen molar-refractivity contribution < 1.29 is 24.0 Å². The number of hydrogen-bond acceptors (Lipinski definition) is 6. The number of alkyl carbamates (subject to hydrolysis) is 1. The van der Waals surface area contributed by atoms with Crippen LogP contribution in [0.2, 0.25) is 0 Å². The fraction of sp³-hybridized carbons (Fsp3) is 0.636. The third-order valence-corrected chi connectivity index (χ3v) is 6.09. The van der Waals surface area contributed by atoms with Crippen LogP contribution in [0, 0.1) is 15.5 Å². The second kappa shape index (κ2) is 8.36. The van der Waals surface area contributed by atoms with Gasteiger partial charge in [0.15, 0.2) is 0 Å². The molecule has 1 saturated carbocycles. The first-order chi connectivity index (χ1) is 14.5. The van der Waals surface area contributed by atoms with Crippen LogP contribution in [0.3, 0.4) is 0 Å². The number of methoxy groups -OCH3 is 1. The molecule has 0 radical (unpaired) electrons. The molecule has 9 heteroatoms. The Hall–Kier alpha value is -2.84. The third kappa shape index (κ3) is 4.91. The van der Waals surface area contributed by atoms with Crippen LogP contribution in [-0.4, -0.2) is 53.7 Å². The highest BCUT2D eigenvalue weighted by Gasteiger charge is 2.53. The Bertz CT molecular complexity index is 888. The van der Waals surface area contributed by atoms with Crippen molar-refractivity contribution in [2.24, 2.45) is 5.41 Å². The highest BCUT2D eigenvalue weighted by atomic mass is 16.6. The molecule has 1 heterocycles. The first kappa shape index (κ1) is 22.8. The summed E-state index contributed by atoms with van der Waals surface area (Å²) >= 11 is 0. The van der Waals surface area contributed by atoms with Gasteiger partial charge in [0.05, 0.1) is 29.2 Å². The second-order valence-electron chi connectivity index (χ2n) is 9.35. The molecule has 2 aliphatic rings. The SMILES string of the molecule is CCc1c(OC)cc(C(=O)N2CCC3(CC3)C(NC(=O)OC(C)(C)C)C2)cc1[N+](=O)[O-]. The Morgan fingerprint density at radius 2 is 1.97 bits per heavy atom. The standard InChI is InChI=1S/C22H31N3O6/c1-6-15-16(25(28)29)11-14(12-17(15)30-5)19(26)24-10-9-22(7-8-22)18(13-24)23-20(27)31-21(2,3)4/h11-12,18H,6-10,13H2,1-5H3,(H,23,27). The number of nitrogens with zero attached hydrogens (tertiary/aromatic N) is 2. The van der Waals surface area contributed by atoms with Crippen molar-refractivity contribution in [3.8, 4) is 5.75 Å². The average Bonchev–Trinajstić information content (AvgIpc) is 3.47. The molecule has 0 bridgehead atoms. The van der Waals surface area contributed by atoms with Gasteiger partial charge in [-0.25, -0.2) is 4.79 Å². The van der Waals surface area contributed by atoms with E-state index in [1.165, 1.54) is 13.2 Å². The van der Waals surface area contributed by atoms with Crippen molar-refractivity contribution in [2.75, 3.05) is 20.2 Å². The number of nitro benzene ring substituents is 1. The zero-order valence-corrected chi connectivity index (χ0v) is 18.8. The van der Waals surface area contributed by atoms with Crippen molar-refractivity contribution in [1.29, 1.82) is 0 Å². The molecule has 1 aliphatic heterocycles. The molecule has 1 unspecified atom stereocenters. The first-order valence-corrected chi connectivity index (χ1v) is 10.6. The van der Waals surface area contributed by atoms with E-state index in [1.54, 1.807) is 38.7 Å². The summed E-state index contributed by atoms with van der Waals surface area (Å²) in [6, 6.07) is 2.67. The van der Waals surface area contributed by atoms with Gasteiger partial charge in [0.25, 0.3) is 11.6 Å². The van der Waals surface area contributed by atoms with Gasteiger partial charge in [0, 0.05) is 19.2 Å². The Labute approximate surface area is 182 Å². The number of rotatable bonds is 5. The summed E-state index contributed by atoms with van der Waals surface area (Å²) in [5.41, 5.74) is -0.0535. The van der Waals surface area contributed by atoms with Crippen molar-refractivity contribution in [2.45, 2.75) is 65.0 Å². The topological polar surface area (TPSA) is 111 Å². The van der Waals surface area contributed by atoms with Gasteiger partial charge >= 0.3 is 6.09 Å². The molecule has 1 N–H and O–H groups in total. The number of ether oxygens (including phenoxy) is 2. The molecule has 1 atom stereocenters. The van der Waals surface area contributed by atoms with Gasteiger partial charge in [-0.2, -0.15) is 0 Å². The summed E-state index contributed by atoms with van der Waals surface area (Å²) in [7, 11) is 1.44. The van der Waals surface area contributed by atoms with Crippen LogP contribution in [0.1, 0.15) is 62.9 Å². The normalized spacial score (nSPS) is 19.6. The van der Waals surface area contributed by atoms with Crippen molar-refractivity contribution >= 4 is 17.7 Å². The monoisotopic (exact) mass is 433 g/mol. The van der Waals surface area contributed by atoms with E-state index in [9.17, 15) is 19.7 Å². The molecule has 3 rings (SSSR count). The molecule has 2 amide bonds. The van der Waals surface area contributed by atoms with Crippen molar-refractivity contribution in [1.82, 2.24) is 10.2 Å². The fourth-order valence-corrected chi connectivity index (χ4v) is 4.27. The molecule has 2 fully saturated rings. The Kier molecular flexibility index (Phi) is 6.16. The highest BCUT2D eigenvalue weighted by Crippen LogP contribution is 2.54. The number of hydrogen-bond donors (Lipinski definition) is 1. The lowest BCUT2D eigenvalue weighted by Crippen LogP contribution is -2.55. The Morgan fingerprint density at radius 3 is 2.48 bits per heavy atom. The lowest BCUT2D eigenvalue weighted by molar-refractivity contribution is -0.385. The minimum atomic E-state index is -0.610. The van der Waals surface area contributed by atoms with Crippen LogP contribution in [0.25, 0.3) is 0 Å². The number of carbonyl (C=O) groups excluding carboxylic acids is 2. The maximum absolute atomic E-state index is 13.2. The van der Waals surface area contributed by atoms with Crippen LogP contribution in [0.4, 0.5) is 10.5 Å². The van der Waals surface area contributed by atoms with Gasteiger partial charge in [0.1, 0.15) is 11.4 Å². The molecule has 1 spiro atoms. The van der Waals surface area contributed by atoms with E-state index in [0.29, 0.717) is 30.8 Å². The van der Waals surface area contributed by atoms with Gasteiger partial charge in [-0.05, 0) is 57.9 Å². The number of piperidine rings is 1. The zero-order valence-electron chi connectivity index (χ0n) is 18.8. The Balaban J connectivity index is 1.81. The lowest BCUT2D eigenvalue weighted by atomic mass is 9.88. The van der Waals surface area contributed by atoms with E-state index in [-0.39, 0.29) is 28.6 Å². The van der Waals surface area contributed by atoms with Crippen LogP contribution in [0.15, 0.2) is 12.1 Å². The number of nitro groups is 1. The number of carbonyl (C=O) groups is 2. The number of amides is 2. The third-order valence-electron chi connectivity index (χ3n) is 6.09. The Morgan fingerprint density at radius 1 is 1.29 bits per heavy atom. The molecular formula is C22H31N3O6. The molecule has 170 valence electrons. The minimum absolute atomic E-state index is 0.00341. The summed E-state index contributed by atoms with van der Waals surface area (Å²) in [6.45, 7) is 8.09. The summed E-state index contributed by atoms with van der Waals surface area (Å²) in [4.78, 5) is 38.3. The minimum Gasteiger partial charge on any atom is -0.496 e. The number of benzene rings is 1. The van der Waals surface area contributed by atoms with Crippen LogP contribution < -0.4 is 10.1 Å². The second-order valence-corrected chi connectivity index (χ2v) is 9.35. The van der Waals surface area contributed by atoms with E-state index in [0.717, 1.165) is 19.3 Å². The average molecular weight is 434 g/mol. The number of nitrogens with one attached hydrogen (secondary N) is 1. The predicted octanol–water partition coefficient (Wildman–Crippen LogP) is 3.69. The molecule has 1 saturated heterocycles. The van der Waals surface area contributed by atoms with Gasteiger partial charge in [-0.3, -0.25) is 14.9 Å². The molecule has 31 heavy (non-hydrogen) atoms. The van der Waals surface area contributed by atoms with E-state index >= 15 is 0 Å². The number of likely N-dealkylation sites (tertiary alicyclic amines) is 1. The predicted molar refractivity (Wildman–Crippen MR) is 114 cm³/mol. The molecule has 1 aromatic carbocycles. The van der Waals surface area contributed by atoms with Crippen molar-refractivity contribution in [3.63, 3.8) is 0 Å². The van der Waals surface area contributed by atoms with Crippen LogP contribution >= 0.6 is 0 Å². The molecule has 9 nitrogen and oxygen atoms in total. The van der Waals surface area contributed by atoms with E-state index < -0.39 is 16.6 Å². The maximum Gasteiger partial charge on any atom is 0.407 e. The van der Waals surface area contributed by atoms with Crippen LogP contribution in [0.5, 0.6) is 5.75 Å². The quantitative estimate of drug-likeness (QED) is 0.560. The first-order valence-electron chi connectivity index (χ1n) is 10.6. The van der Waals surface area contributed by atoms with E-state index in [1.807, 2.05) is 0 Å². The molecule has 1 aliphatic carbocycles. The van der Waals surface area contributed by atoms with Crippen molar-refractivity contribution in [3.05, 3.63) is 33.4 Å². The fourth-order valence-electron chi connectivity index (χ4n) is 4.27. The lowest BCUT2D eigenvalue weighted by Gasteiger charge is -2.39. The van der Waals surface area contributed by atoms with E-state index in [2.05, 4.69) is 5.32 Å².